The number of fused-ring (bicyclic) bond motifs is 2. The lowest BCUT2D eigenvalue weighted by atomic mass is 9.83. The Balaban J connectivity index is 2.08. The van der Waals surface area contributed by atoms with E-state index in [-0.39, 0.29) is 34.1 Å². The molecule has 2 aromatic rings. The molecule has 1 aliphatic carbocycles. The van der Waals surface area contributed by atoms with Crippen LogP contribution >= 0.6 is 0 Å². The molecule has 1 aliphatic rings. The summed E-state index contributed by atoms with van der Waals surface area (Å²) < 4.78 is 26.8. The number of carbonyl (C=O) groups excluding carboxylic acids is 2. The molecule has 0 amide bonds. The highest BCUT2D eigenvalue weighted by Crippen LogP contribution is 2.32. The minimum Gasteiger partial charge on any atom is -0.289 e. The third kappa shape index (κ3) is 2.85. The van der Waals surface area contributed by atoms with Crippen molar-refractivity contribution >= 4 is 27.3 Å². The Morgan fingerprint density at radius 2 is 1.50 bits per heavy atom. The zero-order valence-corrected chi connectivity index (χ0v) is 14.0. The minimum atomic E-state index is -3.56. The molecule has 0 saturated carbocycles. The van der Waals surface area contributed by atoms with E-state index in [0.29, 0.717) is 17.5 Å². The van der Waals surface area contributed by atoms with E-state index >= 15 is 0 Å². The molecule has 0 saturated heterocycles. The van der Waals surface area contributed by atoms with Gasteiger partial charge in [-0.2, -0.15) is 0 Å². The van der Waals surface area contributed by atoms with Crippen molar-refractivity contribution in [1.82, 2.24) is 0 Å². The predicted octanol–water partition coefficient (Wildman–Crippen LogP) is 3.00. The van der Waals surface area contributed by atoms with Crippen LogP contribution in [0.3, 0.4) is 0 Å². The van der Waals surface area contributed by atoms with E-state index in [1.807, 2.05) is 6.92 Å². The molecule has 124 valence electrons. The highest BCUT2D eigenvalue weighted by molar-refractivity contribution is 7.92. The zero-order chi connectivity index (χ0) is 17.3. The summed E-state index contributed by atoms with van der Waals surface area (Å²) in [6.45, 7) is 1.90. The first kappa shape index (κ1) is 16.4. The van der Waals surface area contributed by atoms with Gasteiger partial charge in [0.25, 0.3) is 0 Å². The standard InChI is InChI=1S/C18H17NO4S/c1-2-3-11-24(22,23)19-15-10-6-9-14-16(15)18(21)13-8-5-4-7-12(13)17(14)20/h4-10,19H,2-3,11H2,1H3. The van der Waals surface area contributed by atoms with Crippen LogP contribution in [0.2, 0.25) is 0 Å². The summed E-state index contributed by atoms with van der Waals surface area (Å²) in [5.41, 5.74) is 1.17. The average molecular weight is 343 g/mol. The maximum absolute atomic E-state index is 12.8. The fourth-order valence-electron chi connectivity index (χ4n) is 2.78. The zero-order valence-electron chi connectivity index (χ0n) is 13.2. The number of hydrogen-bond donors (Lipinski definition) is 1. The summed E-state index contributed by atoms with van der Waals surface area (Å²) >= 11 is 0. The van der Waals surface area contributed by atoms with Gasteiger partial charge in [0, 0.05) is 16.7 Å². The second kappa shape index (κ2) is 6.20. The number of anilines is 1. The normalized spacial score (nSPS) is 13.4. The largest absolute Gasteiger partial charge is 0.289 e. The molecule has 0 heterocycles. The first-order chi connectivity index (χ1) is 11.4. The van der Waals surface area contributed by atoms with Gasteiger partial charge < -0.3 is 0 Å². The number of rotatable bonds is 5. The molecule has 0 fully saturated rings. The molecule has 2 aromatic carbocycles. The molecular formula is C18H17NO4S. The fraction of sp³-hybridized carbons (Fsp3) is 0.222. The number of sulfonamides is 1. The first-order valence-corrected chi connectivity index (χ1v) is 9.42. The van der Waals surface area contributed by atoms with Gasteiger partial charge in [0.15, 0.2) is 11.6 Å². The summed E-state index contributed by atoms with van der Waals surface area (Å²) in [6.07, 6.45) is 1.28. The minimum absolute atomic E-state index is 0.0219. The van der Waals surface area contributed by atoms with Crippen molar-refractivity contribution in [1.29, 1.82) is 0 Å². The van der Waals surface area contributed by atoms with Gasteiger partial charge in [0.2, 0.25) is 10.0 Å². The molecule has 0 atom stereocenters. The number of benzene rings is 2. The van der Waals surface area contributed by atoms with Crippen molar-refractivity contribution in [2.24, 2.45) is 0 Å². The Morgan fingerprint density at radius 1 is 0.875 bits per heavy atom. The SMILES string of the molecule is CCCCS(=O)(=O)Nc1cccc2c1C(=O)c1ccccc1C2=O. The van der Waals surface area contributed by atoms with Crippen LogP contribution < -0.4 is 4.72 Å². The first-order valence-electron chi connectivity index (χ1n) is 7.76. The maximum atomic E-state index is 12.8. The Kier molecular flexibility index (Phi) is 4.24. The van der Waals surface area contributed by atoms with Crippen LogP contribution in [0.15, 0.2) is 42.5 Å². The van der Waals surface area contributed by atoms with E-state index in [1.165, 1.54) is 6.07 Å². The van der Waals surface area contributed by atoms with Crippen molar-refractivity contribution in [3.05, 3.63) is 64.7 Å². The molecule has 0 aromatic heterocycles. The molecule has 0 bridgehead atoms. The molecule has 0 radical (unpaired) electrons. The van der Waals surface area contributed by atoms with E-state index < -0.39 is 10.0 Å². The lowest BCUT2D eigenvalue weighted by Crippen LogP contribution is -2.24. The second-order valence-corrected chi connectivity index (χ2v) is 7.55. The topological polar surface area (TPSA) is 80.3 Å². The van der Waals surface area contributed by atoms with Gasteiger partial charge in [-0.25, -0.2) is 8.42 Å². The van der Waals surface area contributed by atoms with E-state index in [9.17, 15) is 18.0 Å². The van der Waals surface area contributed by atoms with Gasteiger partial charge in [0.05, 0.1) is 17.0 Å². The Bertz CT molecular complexity index is 932. The van der Waals surface area contributed by atoms with E-state index in [2.05, 4.69) is 4.72 Å². The third-order valence-electron chi connectivity index (χ3n) is 3.98. The quantitative estimate of drug-likeness (QED) is 0.772. The van der Waals surface area contributed by atoms with Gasteiger partial charge in [-0.3, -0.25) is 14.3 Å². The molecule has 0 unspecified atom stereocenters. The Labute approximate surface area is 140 Å². The van der Waals surface area contributed by atoms with Crippen LogP contribution in [0.1, 0.15) is 51.6 Å². The maximum Gasteiger partial charge on any atom is 0.232 e. The molecular weight excluding hydrogens is 326 g/mol. The molecule has 24 heavy (non-hydrogen) atoms. The summed E-state index contributed by atoms with van der Waals surface area (Å²) in [7, 11) is -3.56. The number of unbranched alkanes of at least 4 members (excludes halogenated alkanes) is 1. The van der Waals surface area contributed by atoms with Gasteiger partial charge in [-0.1, -0.05) is 49.7 Å². The van der Waals surface area contributed by atoms with Crippen molar-refractivity contribution in [3.8, 4) is 0 Å². The van der Waals surface area contributed by atoms with Crippen molar-refractivity contribution in [3.63, 3.8) is 0 Å². The van der Waals surface area contributed by atoms with Crippen molar-refractivity contribution in [2.75, 3.05) is 10.5 Å². The highest BCUT2D eigenvalue weighted by Gasteiger charge is 2.32. The molecule has 1 N–H and O–H groups in total. The summed E-state index contributed by atoms with van der Waals surface area (Å²) in [5.74, 6) is -0.630. The van der Waals surface area contributed by atoms with Crippen molar-refractivity contribution in [2.45, 2.75) is 19.8 Å². The highest BCUT2D eigenvalue weighted by atomic mass is 32.2. The number of nitrogens with one attached hydrogen (secondary N) is 1. The van der Waals surface area contributed by atoms with Crippen LogP contribution in [0.4, 0.5) is 5.69 Å². The lowest BCUT2D eigenvalue weighted by molar-refractivity contribution is 0.0979. The molecule has 3 rings (SSSR count). The van der Waals surface area contributed by atoms with Gasteiger partial charge in [-0.05, 0) is 12.5 Å². The Morgan fingerprint density at radius 3 is 2.17 bits per heavy atom. The Hall–Kier alpha value is -2.47. The monoisotopic (exact) mass is 343 g/mol. The van der Waals surface area contributed by atoms with Crippen LogP contribution in [-0.4, -0.2) is 25.7 Å². The summed E-state index contributed by atoms with van der Waals surface area (Å²) in [4.78, 5) is 25.4. The van der Waals surface area contributed by atoms with Crippen LogP contribution in [0, 0.1) is 0 Å². The summed E-state index contributed by atoms with van der Waals surface area (Å²) in [5, 5.41) is 0. The second-order valence-electron chi connectivity index (χ2n) is 5.71. The van der Waals surface area contributed by atoms with Crippen LogP contribution in [0.25, 0.3) is 0 Å². The molecule has 0 spiro atoms. The lowest BCUT2D eigenvalue weighted by Gasteiger charge is -2.20. The number of carbonyl (C=O) groups is 2. The third-order valence-corrected chi connectivity index (χ3v) is 5.34. The smallest absolute Gasteiger partial charge is 0.232 e. The van der Waals surface area contributed by atoms with Gasteiger partial charge in [0.1, 0.15) is 0 Å². The predicted molar refractivity (Wildman–Crippen MR) is 92.1 cm³/mol. The average Bonchev–Trinajstić information content (AvgIpc) is 2.57. The molecule has 0 aliphatic heterocycles. The summed E-state index contributed by atoms with van der Waals surface area (Å²) in [6, 6.07) is 11.2. The van der Waals surface area contributed by atoms with Gasteiger partial charge >= 0.3 is 0 Å². The number of ketones is 2. The van der Waals surface area contributed by atoms with E-state index in [4.69, 9.17) is 0 Å². The molecule has 5 nitrogen and oxygen atoms in total. The van der Waals surface area contributed by atoms with E-state index in [0.717, 1.165) is 6.42 Å². The van der Waals surface area contributed by atoms with Crippen LogP contribution in [-0.2, 0) is 10.0 Å². The van der Waals surface area contributed by atoms with Gasteiger partial charge in [-0.15, -0.1) is 0 Å². The molecule has 6 heteroatoms. The fourth-order valence-corrected chi connectivity index (χ4v) is 4.06. The van der Waals surface area contributed by atoms with E-state index in [1.54, 1.807) is 36.4 Å². The number of hydrogen-bond acceptors (Lipinski definition) is 4. The van der Waals surface area contributed by atoms with Crippen molar-refractivity contribution < 1.29 is 18.0 Å². The van der Waals surface area contributed by atoms with Crippen LogP contribution in [0.5, 0.6) is 0 Å².